The topological polar surface area (TPSA) is 38.0 Å². The van der Waals surface area contributed by atoms with E-state index in [1.54, 1.807) is 0 Å². The molecule has 1 aliphatic carbocycles. The zero-order valence-corrected chi connectivity index (χ0v) is 8.47. The van der Waals surface area contributed by atoms with Crippen molar-refractivity contribution in [3.05, 3.63) is 0 Å². The molecule has 0 bridgehead atoms. The predicted octanol–water partition coefficient (Wildman–Crippen LogP) is 1.81. The minimum atomic E-state index is 0.489. The summed E-state index contributed by atoms with van der Waals surface area (Å²) in [6.07, 6.45) is 7.51. The smallest absolute Gasteiger partial charge is 0.0247 e. The lowest BCUT2D eigenvalue weighted by Gasteiger charge is -2.21. The molecule has 1 saturated carbocycles. The molecule has 0 aromatic heterocycles. The monoisotopic (exact) mass is 180 g/mol. The van der Waals surface area contributed by atoms with E-state index in [1.165, 1.54) is 25.7 Å². The zero-order chi connectivity index (χ0) is 9.52. The Morgan fingerprint density at radius 3 is 2.69 bits per heavy atom. The summed E-state index contributed by atoms with van der Waals surface area (Å²) in [5, 5.41) is 0. The Bertz CT molecular complexity index is 184. The SMILES string of the molecule is CC#CCCC(NN)C1CCCC1. The van der Waals surface area contributed by atoms with Gasteiger partial charge in [-0.25, -0.2) is 0 Å². The van der Waals surface area contributed by atoms with E-state index in [0.717, 1.165) is 18.8 Å². The Hall–Kier alpha value is -0.520. The molecule has 0 amide bonds. The van der Waals surface area contributed by atoms with Crippen molar-refractivity contribution < 1.29 is 0 Å². The van der Waals surface area contributed by atoms with Crippen LogP contribution in [0.4, 0.5) is 0 Å². The van der Waals surface area contributed by atoms with Crippen LogP contribution in [0.15, 0.2) is 0 Å². The lowest BCUT2D eigenvalue weighted by molar-refractivity contribution is 0.348. The van der Waals surface area contributed by atoms with Crippen molar-refractivity contribution in [2.75, 3.05) is 0 Å². The Kier molecular flexibility index (Phi) is 4.88. The van der Waals surface area contributed by atoms with Crippen LogP contribution in [0, 0.1) is 17.8 Å². The van der Waals surface area contributed by atoms with Gasteiger partial charge in [-0.2, -0.15) is 0 Å². The van der Waals surface area contributed by atoms with E-state index in [2.05, 4.69) is 17.3 Å². The zero-order valence-electron chi connectivity index (χ0n) is 8.47. The molecule has 1 unspecified atom stereocenters. The molecule has 0 saturated heterocycles. The quantitative estimate of drug-likeness (QED) is 0.393. The van der Waals surface area contributed by atoms with Crippen molar-refractivity contribution in [3.63, 3.8) is 0 Å². The Morgan fingerprint density at radius 1 is 1.46 bits per heavy atom. The van der Waals surface area contributed by atoms with Crippen molar-refractivity contribution in [1.82, 2.24) is 5.43 Å². The van der Waals surface area contributed by atoms with E-state index >= 15 is 0 Å². The molecule has 0 heterocycles. The van der Waals surface area contributed by atoms with Crippen molar-refractivity contribution in [1.29, 1.82) is 0 Å². The molecule has 74 valence electrons. The van der Waals surface area contributed by atoms with Crippen LogP contribution in [0.2, 0.25) is 0 Å². The second-order valence-corrected chi connectivity index (χ2v) is 3.78. The van der Waals surface area contributed by atoms with Gasteiger partial charge < -0.3 is 0 Å². The maximum atomic E-state index is 5.54. The van der Waals surface area contributed by atoms with Crippen LogP contribution in [-0.2, 0) is 0 Å². The summed E-state index contributed by atoms with van der Waals surface area (Å²) in [6.45, 7) is 1.89. The summed E-state index contributed by atoms with van der Waals surface area (Å²) in [6, 6.07) is 0.489. The van der Waals surface area contributed by atoms with E-state index < -0.39 is 0 Å². The minimum Gasteiger partial charge on any atom is -0.271 e. The van der Waals surface area contributed by atoms with Crippen LogP contribution in [0.1, 0.15) is 45.4 Å². The maximum absolute atomic E-state index is 5.54. The lowest BCUT2D eigenvalue weighted by Crippen LogP contribution is -2.39. The Balaban J connectivity index is 2.27. The van der Waals surface area contributed by atoms with E-state index in [-0.39, 0.29) is 0 Å². The average molecular weight is 180 g/mol. The van der Waals surface area contributed by atoms with E-state index in [4.69, 9.17) is 5.84 Å². The highest BCUT2D eigenvalue weighted by Crippen LogP contribution is 2.28. The van der Waals surface area contributed by atoms with Crippen LogP contribution < -0.4 is 11.3 Å². The normalized spacial score (nSPS) is 19.5. The number of nitrogens with two attached hydrogens (primary N) is 1. The summed E-state index contributed by atoms with van der Waals surface area (Å²) >= 11 is 0. The van der Waals surface area contributed by atoms with Crippen molar-refractivity contribution in [2.24, 2.45) is 11.8 Å². The first-order valence-electron chi connectivity index (χ1n) is 5.24. The molecule has 2 nitrogen and oxygen atoms in total. The molecule has 0 radical (unpaired) electrons. The van der Waals surface area contributed by atoms with Gasteiger partial charge in [0, 0.05) is 12.5 Å². The van der Waals surface area contributed by atoms with E-state index in [1.807, 2.05) is 6.92 Å². The van der Waals surface area contributed by atoms with Crippen LogP contribution >= 0.6 is 0 Å². The number of nitrogens with one attached hydrogen (secondary N) is 1. The van der Waals surface area contributed by atoms with Gasteiger partial charge in [-0.3, -0.25) is 11.3 Å². The first-order valence-corrected chi connectivity index (χ1v) is 5.24. The average Bonchev–Trinajstić information content (AvgIpc) is 2.65. The highest BCUT2D eigenvalue weighted by atomic mass is 15.2. The highest BCUT2D eigenvalue weighted by molar-refractivity contribution is 4.96. The van der Waals surface area contributed by atoms with Gasteiger partial charge in [-0.1, -0.05) is 12.8 Å². The van der Waals surface area contributed by atoms with E-state index in [9.17, 15) is 0 Å². The molecule has 0 aromatic rings. The van der Waals surface area contributed by atoms with Crippen LogP contribution in [0.5, 0.6) is 0 Å². The standard InChI is InChI=1S/C11H20N2/c1-2-3-4-9-11(13-12)10-7-5-6-8-10/h10-11,13H,4-9,12H2,1H3. The summed E-state index contributed by atoms with van der Waals surface area (Å²) in [4.78, 5) is 0. The minimum absolute atomic E-state index is 0.489. The van der Waals surface area contributed by atoms with Gasteiger partial charge in [0.1, 0.15) is 0 Å². The molecule has 0 aliphatic heterocycles. The summed E-state index contributed by atoms with van der Waals surface area (Å²) < 4.78 is 0. The second kappa shape index (κ2) is 6.01. The predicted molar refractivity (Wildman–Crippen MR) is 55.8 cm³/mol. The molecule has 3 N–H and O–H groups in total. The van der Waals surface area contributed by atoms with Gasteiger partial charge in [0.25, 0.3) is 0 Å². The summed E-state index contributed by atoms with van der Waals surface area (Å²) in [5.74, 6) is 12.3. The molecular weight excluding hydrogens is 160 g/mol. The van der Waals surface area contributed by atoms with Gasteiger partial charge in [-0.15, -0.1) is 11.8 Å². The third-order valence-electron chi connectivity index (χ3n) is 2.94. The molecule has 13 heavy (non-hydrogen) atoms. The Labute approximate surface area is 81.2 Å². The van der Waals surface area contributed by atoms with Crippen LogP contribution in [-0.4, -0.2) is 6.04 Å². The fourth-order valence-corrected chi connectivity index (χ4v) is 2.17. The van der Waals surface area contributed by atoms with Gasteiger partial charge in [0.2, 0.25) is 0 Å². The molecule has 1 rings (SSSR count). The number of hydrogen-bond acceptors (Lipinski definition) is 2. The maximum Gasteiger partial charge on any atom is 0.0247 e. The van der Waals surface area contributed by atoms with Crippen molar-refractivity contribution in [2.45, 2.75) is 51.5 Å². The van der Waals surface area contributed by atoms with Gasteiger partial charge in [0.15, 0.2) is 0 Å². The fraction of sp³-hybridized carbons (Fsp3) is 0.818. The number of hydrogen-bond donors (Lipinski definition) is 2. The molecule has 0 aromatic carbocycles. The summed E-state index contributed by atoms with van der Waals surface area (Å²) in [7, 11) is 0. The van der Waals surface area contributed by atoms with Crippen molar-refractivity contribution >= 4 is 0 Å². The second-order valence-electron chi connectivity index (χ2n) is 3.78. The number of hydrazine groups is 1. The Morgan fingerprint density at radius 2 is 2.15 bits per heavy atom. The molecule has 1 atom stereocenters. The lowest BCUT2D eigenvalue weighted by atomic mass is 9.95. The van der Waals surface area contributed by atoms with Crippen LogP contribution in [0.25, 0.3) is 0 Å². The first kappa shape index (κ1) is 10.6. The van der Waals surface area contributed by atoms with Gasteiger partial charge in [0.05, 0.1) is 0 Å². The molecular formula is C11H20N2. The van der Waals surface area contributed by atoms with Gasteiger partial charge in [-0.05, 0) is 32.1 Å². The largest absolute Gasteiger partial charge is 0.271 e. The molecule has 1 aliphatic rings. The van der Waals surface area contributed by atoms with Crippen molar-refractivity contribution in [3.8, 4) is 11.8 Å². The van der Waals surface area contributed by atoms with E-state index in [0.29, 0.717) is 6.04 Å². The molecule has 2 heteroatoms. The highest BCUT2D eigenvalue weighted by Gasteiger charge is 2.23. The molecule has 0 spiro atoms. The third kappa shape index (κ3) is 3.38. The third-order valence-corrected chi connectivity index (χ3v) is 2.94. The van der Waals surface area contributed by atoms with Crippen LogP contribution in [0.3, 0.4) is 0 Å². The summed E-state index contributed by atoms with van der Waals surface area (Å²) in [5.41, 5.74) is 2.94. The first-order chi connectivity index (χ1) is 6.38. The molecule has 1 fully saturated rings. The fourth-order valence-electron chi connectivity index (χ4n) is 2.17. The number of rotatable bonds is 4. The van der Waals surface area contributed by atoms with Gasteiger partial charge >= 0.3 is 0 Å².